The van der Waals surface area contributed by atoms with Crippen LogP contribution in [-0.4, -0.2) is 0 Å². The lowest BCUT2D eigenvalue weighted by atomic mass is 10.1. The van der Waals surface area contributed by atoms with Crippen molar-refractivity contribution in [3.63, 3.8) is 0 Å². The first kappa shape index (κ1) is 8.39. The molecular weight excluding hydrogens is 184 g/mol. The average Bonchev–Trinajstić information content (AvgIpc) is 2.70. The Balaban J connectivity index is 2.51. The number of rotatable bonds is 2. The fourth-order valence-electron chi connectivity index (χ4n) is 1.31. The van der Waals surface area contributed by atoms with Crippen molar-refractivity contribution in [1.82, 2.24) is 0 Å². The number of benzene rings is 1. The maximum absolute atomic E-state index is 5.81. The number of hydrogen-bond acceptors (Lipinski definition) is 1. The van der Waals surface area contributed by atoms with Gasteiger partial charge in [-0.3, -0.25) is 0 Å². The van der Waals surface area contributed by atoms with E-state index < -0.39 is 0 Å². The van der Waals surface area contributed by atoms with Gasteiger partial charge in [-0.25, -0.2) is 0 Å². The van der Waals surface area contributed by atoms with E-state index in [4.69, 9.17) is 16.0 Å². The molecule has 0 saturated heterocycles. The van der Waals surface area contributed by atoms with E-state index >= 15 is 0 Å². The van der Waals surface area contributed by atoms with Gasteiger partial charge in [0.1, 0.15) is 5.76 Å². The van der Waals surface area contributed by atoms with Crippen molar-refractivity contribution in [2.75, 3.05) is 0 Å². The van der Waals surface area contributed by atoms with Crippen LogP contribution in [0.2, 0.25) is 0 Å². The maximum Gasteiger partial charge on any atom is 0.134 e. The molecule has 2 heteroatoms. The van der Waals surface area contributed by atoms with Gasteiger partial charge in [-0.1, -0.05) is 24.3 Å². The molecule has 1 heterocycles. The van der Waals surface area contributed by atoms with Crippen LogP contribution in [0.15, 0.2) is 47.1 Å². The summed E-state index contributed by atoms with van der Waals surface area (Å²) in [6, 6.07) is 11.8. The lowest BCUT2D eigenvalue weighted by molar-refractivity contribution is 0.582. The van der Waals surface area contributed by atoms with Crippen LogP contribution in [-0.2, 0) is 5.88 Å². The Labute approximate surface area is 82.0 Å². The van der Waals surface area contributed by atoms with Crippen molar-refractivity contribution in [1.29, 1.82) is 0 Å². The summed E-state index contributed by atoms with van der Waals surface area (Å²) in [7, 11) is 0. The summed E-state index contributed by atoms with van der Waals surface area (Å²) >= 11 is 5.81. The summed E-state index contributed by atoms with van der Waals surface area (Å²) in [4.78, 5) is 0. The van der Waals surface area contributed by atoms with E-state index in [-0.39, 0.29) is 0 Å². The molecular formula is C11H9ClO. The molecule has 2 rings (SSSR count). The van der Waals surface area contributed by atoms with Crippen molar-refractivity contribution in [3.05, 3.63) is 48.2 Å². The predicted molar refractivity (Wildman–Crippen MR) is 53.7 cm³/mol. The van der Waals surface area contributed by atoms with E-state index in [9.17, 15) is 0 Å². The summed E-state index contributed by atoms with van der Waals surface area (Å²) in [5, 5.41) is 0. The molecule has 0 aliphatic heterocycles. The lowest BCUT2D eigenvalue weighted by Gasteiger charge is -2.02. The normalized spacial score (nSPS) is 10.2. The van der Waals surface area contributed by atoms with Crippen molar-refractivity contribution in [3.8, 4) is 11.3 Å². The van der Waals surface area contributed by atoms with E-state index in [1.807, 2.05) is 36.4 Å². The van der Waals surface area contributed by atoms with Gasteiger partial charge in [0.05, 0.1) is 6.26 Å². The highest BCUT2D eigenvalue weighted by Gasteiger charge is 2.04. The minimum Gasteiger partial charge on any atom is -0.464 e. The third kappa shape index (κ3) is 1.61. The molecule has 1 aromatic carbocycles. The summed E-state index contributed by atoms with van der Waals surface area (Å²) < 4.78 is 5.30. The first-order valence-electron chi connectivity index (χ1n) is 4.09. The molecule has 66 valence electrons. The average molecular weight is 193 g/mol. The van der Waals surface area contributed by atoms with Crippen LogP contribution >= 0.6 is 11.6 Å². The zero-order valence-electron chi connectivity index (χ0n) is 7.03. The van der Waals surface area contributed by atoms with Crippen LogP contribution in [0.5, 0.6) is 0 Å². The Morgan fingerprint density at radius 3 is 2.62 bits per heavy atom. The number of alkyl halides is 1. The molecule has 0 aliphatic carbocycles. The number of hydrogen-bond donors (Lipinski definition) is 0. The van der Waals surface area contributed by atoms with Crippen molar-refractivity contribution in [2.24, 2.45) is 0 Å². The zero-order valence-corrected chi connectivity index (χ0v) is 7.79. The van der Waals surface area contributed by atoms with E-state index in [0.29, 0.717) is 5.88 Å². The minimum absolute atomic E-state index is 0.511. The molecule has 0 saturated carbocycles. The van der Waals surface area contributed by atoms with Crippen molar-refractivity contribution >= 4 is 11.6 Å². The second kappa shape index (κ2) is 3.67. The molecule has 0 amide bonds. The molecule has 0 N–H and O–H groups in total. The van der Waals surface area contributed by atoms with Gasteiger partial charge >= 0.3 is 0 Å². The molecule has 0 fully saturated rings. The monoisotopic (exact) mass is 192 g/mol. The molecule has 0 atom stereocenters. The Morgan fingerprint density at radius 2 is 1.92 bits per heavy atom. The fraction of sp³-hybridized carbons (Fsp3) is 0.0909. The van der Waals surface area contributed by atoms with E-state index in [0.717, 1.165) is 16.9 Å². The maximum atomic E-state index is 5.81. The molecule has 1 aromatic heterocycles. The van der Waals surface area contributed by atoms with Crippen LogP contribution in [0.1, 0.15) is 5.56 Å². The number of halogens is 1. The molecule has 0 bridgehead atoms. The largest absolute Gasteiger partial charge is 0.464 e. The van der Waals surface area contributed by atoms with Gasteiger partial charge in [-0.15, -0.1) is 11.6 Å². The van der Waals surface area contributed by atoms with Gasteiger partial charge in [-0.2, -0.15) is 0 Å². The van der Waals surface area contributed by atoms with E-state index in [1.54, 1.807) is 6.26 Å². The standard InChI is InChI=1S/C11H9ClO/c12-8-9-4-1-2-5-10(9)11-6-3-7-13-11/h1-7H,8H2. The van der Waals surface area contributed by atoms with Crippen LogP contribution in [0.4, 0.5) is 0 Å². The van der Waals surface area contributed by atoms with Gasteiger partial charge in [0.15, 0.2) is 0 Å². The Bertz CT molecular complexity index is 379. The highest BCUT2D eigenvalue weighted by molar-refractivity contribution is 6.17. The topological polar surface area (TPSA) is 13.1 Å². The first-order chi connectivity index (χ1) is 6.42. The summed E-state index contributed by atoms with van der Waals surface area (Å²) in [5.41, 5.74) is 2.17. The summed E-state index contributed by atoms with van der Waals surface area (Å²) in [5.74, 6) is 1.38. The summed E-state index contributed by atoms with van der Waals surface area (Å²) in [6.45, 7) is 0. The highest BCUT2D eigenvalue weighted by Crippen LogP contribution is 2.24. The predicted octanol–water partition coefficient (Wildman–Crippen LogP) is 3.69. The van der Waals surface area contributed by atoms with Gasteiger partial charge in [-0.05, 0) is 17.7 Å². The second-order valence-electron chi connectivity index (χ2n) is 2.77. The Kier molecular flexibility index (Phi) is 2.37. The molecule has 0 spiro atoms. The van der Waals surface area contributed by atoms with Crippen LogP contribution < -0.4 is 0 Å². The molecule has 1 nitrogen and oxygen atoms in total. The van der Waals surface area contributed by atoms with Crippen LogP contribution in [0.25, 0.3) is 11.3 Å². The Morgan fingerprint density at radius 1 is 1.08 bits per heavy atom. The first-order valence-corrected chi connectivity index (χ1v) is 4.63. The number of furan rings is 1. The molecule has 2 aromatic rings. The second-order valence-corrected chi connectivity index (χ2v) is 3.04. The smallest absolute Gasteiger partial charge is 0.134 e. The van der Waals surface area contributed by atoms with E-state index in [2.05, 4.69) is 0 Å². The molecule has 0 aliphatic rings. The molecule has 0 unspecified atom stereocenters. The third-order valence-corrected chi connectivity index (χ3v) is 2.24. The van der Waals surface area contributed by atoms with E-state index in [1.165, 1.54) is 0 Å². The zero-order chi connectivity index (χ0) is 9.10. The van der Waals surface area contributed by atoms with Crippen molar-refractivity contribution < 1.29 is 4.42 Å². The summed E-state index contributed by atoms with van der Waals surface area (Å²) in [6.07, 6.45) is 1.67. The van der Waals surface area contributed by atoms with Gasteiger partial charge < -0.3 is 4.42 Å². The lowest BCUT2D eigenvalue weighted by Crippen LogP contribution is -1.82. The molecule has 0 radical (unpaired) electrons. The SMILES string of the molecule is ClCc1ccccc1-c1ccco1. The highest BCUT2D eigenvalue weighted by atomic mass is 35.5. The minimum atomic E-state index is 0.511. The molecule has 13 heavy (non-hydrogen) atoms. The fourth-order valence-corrected chi connectivity index (χ4v) is 1.54. The van der Waals surface area contributed by atoms with Crippen LogP contribution in [0, 0.1) is 0 Å². The Hall–Kier alpha value is -1.21. The van der Waals surface area contributed by atoms with Gasteiger partial charge in [0, 0.05) is 11.4 Å². The third-order valence-electron chi connectivity index (χ3n) is 1.95. The van der Waals surface area contributed by atoms with Crippen LogP contribution in [0.3, 0.4) is 0 Å². The van der Waals surface area contributed by atoms with Gasteiger partial charge in [0.25, 0.3) is 0 Å². The van der Waals surface area contributed by atoms with Gasteiger partial charge in [0.2, 0.25) is 0 Å². The van der Waals surface area contributed by atoms with Crippen molar-refractivity contribution in [2.45, 2.75) is 5.88 Å². The quantitative estimate of drug-likeness (QED) is 0.662.